The van der Waals surface area contributed by atoms with Gasteiger partial charge < -0.3 is 19.1 Å². The zero-order valence-electron chi connectivity index (χ0n) is 19.5. The molecule has 4 heterocycles. The Balaban J connectivity index is 1.60. The highest BCUT2D eigenvalue weighted by Gasteiger charge is 2.31. The monoisotopic (exact) mass is 446 g/mol. The summed E-state index contributed by atoms with van der Waals surface area (Å²) in [5, 5.41) is 6.41. The van der Waals surface area contributed by atoms with E-state index < -0.39 is 0 Å². The van der Waals surface area contributed by atoms with Gasteiger partial charge in [-0.1, -0.05) is 36.9 Å². The first-order chi connectivity index (χ1) is 16.0. The molecule has 3 aromatic rings. The maximum atomic E-state index is 5.57. The third-order valence-corrected chi connectivity index (χ3v) is 6.29. The molecule has 0 radical (unpaired) electrons. The van der Waals surface area contributed by atoms with Gasteiger partial charge in [-0.15, -0.1) is 0 Å². The molecule has 0 aliphatic carbocycles. The lowest BCUT2D eigenvalue weighted by Crippen LogP contribution is -2.42. The highest BCUT2D eigenvalue weighted by molar-refractivity contribution is 5.99. The summed E-state index contributed by atoms with van der Waals surface area (Å²) >= 11 is 0. The molecule has 0 atom stereocenters. The molecule has 0 amide bonds. The first kappa shape index (κ1) is 21.5. The van der Waals surface area contributed by atoms with Crippen molar-refractivity contribution in [2.45, 2.75) is 12.8 Å². The Labute approximate surface area is 194 Å². The van der Waals surface area contributed by atoms with Crippen molar-refractivity contribution in [3.8, 4) is 0 Å². The molecule has 5 rings (SSSR count). The summed E-state index contributed by atoms with van der Waals surface area (Å²) in [5.41, 5.74) is 3.54. The molecule has 0 N–H and O–H groups in total. The van der Waals surface area contributed by atoms with E-state index in [4.69, 9.17) is 24.8 Å². The molecule has 0 bridgehead atoms. The third-order valence-electron chi connectivity index (χ3n) is 6.29. The predicted molar refractivity (Wildman–Crippen MR) is 131 cm³/mol. The molecule has 1 aromatic carbocycles. The minimum absolute atomic E-state index is 0.407. The Kier molecular flexibility index (Phi) is 5.82. The van der Waals surface area contributed by atoms with Crippen molar-refractivity contribution in [1.29, 1.82) is 0 Å². The molecule has 9 nitrogen and oxygen atoms in total. The van der Waals surface area contributed by atoms with E-state index in [0.29, 0.717) is 25.1 Å². The predicted octanol–water partition coefficient (Wildman–Crippen LogP) is 2.60. The number of rotatable bonds is 6. The highest BCUT2D eigenvalue weighted by Crippen LogP contribution is 2.32. The van der Waals surface area contributed by atoms with E-state index in [0.717, 1.165) is 60.3 Å². The summed E-state index contributed by atoms with van der Waals surface area (Å²) in [6.07, 6.45) is 1.65. The molecule has 33 heavy (non-hydrogen) atoms. The van der Waals surface area contributed by atoms with Crippen molar-refractivity contribution < 1.29 is 4.74 Å². The van der Waals surface area contributed by atoms with E-state index in [1.807, 2.05) is 44.3 Å². The van der Waals surface area contributed by atoms with Gasteiger partial charge in [-0.05, 0) is 19.5 Å². The fourth-order valence-corrected chi connectivity index (χ4v) is 4.44. The average Bonchev–Trinajstić information content (AvgIpc) is 3.16. The number of aromatic nitrogens is 4. The molecular formula is C24H30N8O. The van der Waals surface area contributed by atoms with Crippen LogP contribution >= 0.6 is 0 Å². The van der Waals surface area contributed by atoms with Gasteiger partial charge in [0.25, 0.3) is 5.95 Å². The number of hydrazone groups is 1. The first-order valence-corrected chi connectivity index (χ1v) is 11.3. The standard InChI is InChI=1S/C24H30N8O/c1-5-32(28-17(2)18-9-7-6-8-10-18)24-26-22-20(23(27-24)31-11-13-33-14-12-31)25-21(30(22)4)19-15-29(3)16-19/h5-10,19H,1,11-16H2,2-4H3/b28-17+. The van der Waals surface area contributed by atoms with Gasteiger partial charge in [-0.3, -0.25) is 0 Å². The van der Waals surface area contributed by atoms with E-state index in [1.54, 1.807) is 11.2 Å². The number of benzene rings is 1. The van der Waals surface area contributed by atoms with E-state index >= 15 is 0 Å². The van der Waals surface area contributed by atoms with Crippen LogP contribution in [-0.2, 0) is 11.8 Å². The van der Waals surface area contributed by atoms with Gasteiger partial charge in [-0.2, -0.15) is 15.1 Å². The molecule has 9 heteroatoms. The van der Waals surface area contributed by atoms with Crippen molar-refractivity contribution in [3.05, 3.63) is 54.5 Å². The lowest BCUT2D eigenvalue weighted by atomic mass is 10.0. The molecule has 0 saturated carbocycles. The van der Waals surface area contributed by atoms with Crippen LogP contribution in [0.5, 0.6) is 0 Å². The van der Waals surface area contributed by atoms with Crippen molar-refractivity contribution in [2.75, 3.05) is 56.3 Å². The Morgan fingerprint density at radius 1 is 1.12 bits per heavy atom. The van der Waals surface area contributed by atoms with Crippen LogP contribution in [0.2, 0.25) is 0 Å². The summed E-state index contributed by atoms with van der Waals surface area (Å²) in [7, 11) is 4.17. The van der Waals surface area contributed by atoms with Crippen LogP contribution in [0.15, 0.2) is 48.2 Å². The number of hydrogen-bond donors (Lipinski definition) is 0. The minimum Gasteiger partial charge on any atom is -0.378 e. The number of likely N-dealkylation sites (N-methyl/N-ethyl adjacent to an activating group) is 1. The number of imidazole rings is 1. The van der Waals surface area contributed by atoms with Crippen LogP contribution in [0.25, 0.3) is 11.2 Å². The molecule has 172 valence electrons. The Hall–Kier alpha value is -3.30. The summed E-state index contributed by atoms with van der Waals surface area (Å²) < 4.78 is 7.68. The van der Waals surface area contributed by atoms with Crippen LogP contribution in [-0.4, -0.2) is 76.6 Å². The normalized spacial score (nSPS) is 17.9. The number of morpholine rings is 1. The van der Waals surface area contributed by atoms with Crippen molar-refractivity contribution in [1.82, 2.24) is 24.4 Å². The number of likely N-dealkylation sites (tertiary alicyclic amines) is 1. The largest absolute Gasteiger partial charge is 0.378 e. The molecule has 2 aliphatic rings. The summed E-state index contributed by atoms with van der Waals surface area (Å²) in [4.78, 5) is 19.4. The third kappa shape index (κ3) is 4.09. The Morgan fingerprint density at radius 3 is 2.52 bits per heavy atom. The lowest BCUT2D eigenvalue weighted by Gasteiger charge is -2.35. The van der Waals surface area contributed by atoms with E-state index in [-0.39, 0.29) is 0 Å². The fraction of sp³-hybridized carbons (Fsp3) is 0.417. The quantitative estimate of drug-likeness (QED) is 0.426. The Bertz CT molecular complexity index is 1180. The van der Waals surface area contributed by atoms with Gasteiger partial charge in [0, 0.05) is 45.3 Å². The SMILES string of the molecule is C=CN(/N=C(\C)c1ccccc1)c1nc(N2CCOCC2)c2nc(C3CN(C)C3)n(C)c2n1. The second kappa shape index (κ2) is 8.92. The lowest BCUT2D eigenvalue weighted by molar-refractivity contribution is 0.122. The number of aryl methyl sites for hydroxylation is 1. The fourth-order valence-electron chi connectivity index (χ4n) is 4.44. The van der Waals surface area contributed by atoms with Gasteiger partial charge in [0.1, 0.15) is 5.82 Å². The zero-order valence-corrected chi connectivity index (χ0v) is 19.5. The number of hydrogen-bond acceptors (Lipinski definition) is 8. The van der Waals surface area contributed by atoms with Crippen LogP contribution in [0.3, 0.4) is 0 Å². The van der Waals surface area contributed by atoms with Crippen LogP contribution in [0, 0.1) is 0 Å². The minimum atomic E-state index is 0.407. The molecule has 2 saturated heterocycles. The number of anilines is 2. The number of fused-ring (bicyclic) bond motifs is 1. The smallest absolute Gasteiger partial charge is 0.254 e. The second-order valence-corrected chi connectivity index (χ2v) is 8.64. The molecular weight excluding hydrogens is 416 g/mol. The average molecular weight is 447 g/mol. The van der Waals surface area contributed by atoms with E-state index in [2.05, 4.69) is 28.0 Å². The van der Waals surface area contributed by atoms with Crippen molar-refractivity contribution >= 4 is 28.6 Å². The molecule has 0 spiro atoms. The number of ether oxygens (including phenoxy) is 1. The van der Waals surface area contributed by atoms with Gasteiger partial charge in [0.15, 0.2) is 17.0 Å². The van der Waals surface area contributed by atoms with Gasteiger partial charge in [0.05, 0.1) is 18.9 Å². The molecule has 2 aromatic heterocycles. The van der Waals surface area contributed by atoms with Gasteiger partial charge >= 0.3 is 0 Å². The molecule has 2 fully saturated rings. The van der Waals surface area contributed by atoms with Crippen LogP contribution in [0.4, 0.5) is 11.8 Å². The highest BCUT2D eigenvalue weighted by atomic mass is 16.5. The van der Waals surface area contributed by atoms with Crippen LogP contribution in [0.1, 0.15) is 24.2 Å². The van der Waals surface area contributed by atoms with Gasteiger partial charge in [-0.25, -0.2) is 9.99 Å². The summed E-state index contributed by atoms with van der Waals surface area (Å²) in [6, 6.07) is 10.1. The maximum absolute atomic E-state index is 5.57. The summed E-state index contributed by atoms with van der Waals surface area (Å²) in [6.45, 7) is 10.8. The van der Waals surface area contributed by atoms with E-state index in [9.17, 15) is 0 Å². The summed E-state index contributed by atoms with van der Waals surface area (Å²) in [5.74, 6) is 2.77. The number of nitrogens with zero attached hydrogens (tertiary/aromatic N) is 8. The van der Waals surface area contributed by atoms with E-state index in [1.165, 1.54) is 0 Å². The Morgan fingerprint density at radius 2 is 1.85 bits per heavy atom. The van der Waals surface area contributed by atoms with Crippen molar-refractivity contribution in [3.63, 3.8) is 0 Å². The molecule has 2 aliphatic heterocycles. The van der Waals surface area contributed by atoms with Crippen molar-refractivity contribution in [2.24, 2.45) is 12.1 Å². The second-order valence-electron chi connectivity index (χ2n) is 8.64. The molecule has 0 unspecified atom stereocenters. The first-order valence-electron chi connectivity index (χ1n) is 11.3. The maximum Gasteiger partial charge on any atom is 0.254 e. The van der Waals surface area contributed by atoms with Gasteiger partial charge in [0.2, 0.25) is 0 Å². The topological polar surface area (TPSA) is 74.9 Å². The van der Waals surface area contributed by atoms with Crippen LogP contribution < -0.4 is 9.91 Å². The zero-order chi connectivity index (χ0) is 22.9.